The molecule has 2 aromatic heterocycles. The molecule has 7 heteroatoms. The molecule has 1 aliphatic heterocycles. The Morgan fingerprint density at radius 2 is 1.81 bits per heavy atom. The summed E-state index contributed by atoms with van der Waals surface area (Å²) in [6.07, 6.45) is 9.41. The van der Waals surface area contributed by atoms with Crippen LogP contribution in [-0.2, 0) is 0 Å². The molecule has 1 saturated heterocycles. The number of rotatable bonds is 2. The van der Waals surface area contributed by atoms with Crippen LogP contribution in [0.15, 0.2) is 24.8 Å². The molecule has 0 radical (unpaired) electrons. The molecule has 0 aliphatic carbocycles. The van der Waals surface area contributed by atoms with E-state index in [0.717, 1.165) is 19.4 Å². The van der Waals surface area contributed by atoms with Crippen molar-refractivity contribution in [3.8, 4) is 0 Å². The molecule has 1 N–H and O–H groups in total. The van der Waals surface area contributed by atoms with E-state index in [0.29, 0.717) is 6.04 Å². The van der Waals surface area contributed by atoms with Crippen LogP contribution in [0.5, 0.6) is 0 Å². The molecular weight excluding hydrogens is 206 g/mol. The van der Waals surface area contributed by atoms with Crippen LogP contribution in [0.2, 0.25) is 0 Å². The van der Waals surface area contributed by atoms with Gasteiger partial charge in [-0.1, -0.05) is 10.4 Å². The van der Waals surface area contributed by atoms with Crippen LogP contribution in [0.4, 0.5) is 0 Å². The molecule has 2 aromatic rings. The first-order chi connectivity index (χ1) is 7.93. The first-order valence-corrected chi connectivity index (χ1v) is 5.38. The van der Waals surface area contributed by atoms with Crippen LogP contribution in [0.1, 0.15) is 25.0 Å². The van der Waals surface area contributed by atoms with Gasteiger partial charge >= 0.3 is 0 Å². The first-order valence-electron chi connectivity index (χ1n) is 5.38. The van der Waals surface area contributed by atoms with E-state index in [-0.39, 0.29) is 6.17 Å². The Hall–Kier alpha value is -1.76. The van der Waals surface area contributed by atoms with E-state index < -0.39 is 0 Å². The lowest BCUT2D eigenvalue weighted by Gasteiger charge is -2.29. The zero-order valence-electron chi connectivity index (χ0n) is 8.77. The second-order valence-electron chi connectivity index (χ2n) is 3.91. The SMILES string of the molecule is c1cn(C2CCNC(n3ccnn3)C2)nn1. The van der Waals surface area contributed by atoms with Crippen LogP contribution in [0, 0.1) is 0 Å². The molecule has 7 nitrogen and oxygen atoms in total. The van der Waals surface area contributed by atoms with E-state index in [1.807, 2.05) is 21.8 Å². The van der Waals surface area contributed by atoms with E-state index in [4.69, 9.17) is 0 Å². The van der Waals surface area contributed by atoms with Gasteiger partial charge in [0, 0.05) is 18.8 Å². The zero-order chi connectivity index (χ0) is 10.8. The summed E-state index contributed by atoms with van der Waals surface area (Å²) in [6.45, 7) is 0.953. The van der Waals surface area contributed by atoms with Crippen LogP contribution in [-0.4, -0.2) is 36.5 Å². The highest BCUT2D eigenvalue weighted by molar-refractivity contribution is 4.82. The van der Waals surface area contributed by atoms with Gasteiger partial charge in [-0.05, 0) is 13.0 Å². The summed E-state index contributed by atoms with van der Waals surface area (Å²) in [5.41, 5.74) is 0. The third-order valence-corrected chi connectivity index (χ3v) is 2.93. The molecule has 16 heavy (non-hydrogen) atoms. The second-order valence-corrected chi connectivity index (χ2v) is 3.91. The number of piperidine rings is 1. The summed E-state index contributed by atoms with van der Waals surface area (Å²) in [5, 5.41) is 19.1. The fraction of sp³-hybridized carbons (Fsp3) is 0.556. The van der Waals surface area contributed by atoms with Crippen molar-refractivity contribution in [2.24, 2.45) is 0 Å². The second kappa shape index (κ2) is 4.01. The van der Waals surface area contributed by atoms with Gasteiger partial charge in [-0.15, -0.1) is 10.2 Å². The van der Waals surface area contributed by atoms with E-state index in [9.17, 15) is 0 Å². The van der Waals surface area contributed by atoms with Crippen molar-refractivity contribution in [3.05, 3.63) is 24.8 Å². The Bertz CT molecular complexity index is 380. The maximum absolute atomic E-state index is 4.05. The summed E-state index contributed by atoms with van der Waals surface area (Å²) >= 11 is 0. The van der Waals surface area contributed by atoms with Gasteiger partial charge in [0.1, 0.15) is 6.17 Å². The lowest BCUT2D eigenvalue weighted by molar-refractivity contribution is 0.218. The summed E-state index contributed by atoms with van der Waals surface area (Å²) in [4.78, 5) is 0. The molecule has 3 heterocycles. The maximum Gasteiger partial charge on any atom is 0.105 e. The van der Waals surface area contributed by atoms with E-state index >= 15 is 0 Å². The van der Waals surface area contributed by atoms with Crippen LogP contribution in [0.25, 0.3) is 0 Å². The van der Waals surface area contributed by atoms with Crippen LogP contribution < -0.4 is 5.32 Å². The molecule has 0 bridgehead atoms. The zero-order valence-corrected chi connectivity index (χ0v) is 8.77. The van der Waals surface area contributed by atoms with Gasteiger partial charge in [-0.2, -0.15) is 0 Å². The Morgan fingerprint density at radius 1 is 1.06 bits per heavy atom. The normalized spacial score (nSPS) is 25.8. The Kier molecular flexibility index (Phi) is 2.37. The summed E-state index contributed by atoms with van der Waals surface area (Å²) in [5.74, 6) is 0. The standard InChI is InChI=1S/C9H13N7/c1-2-10-9(16-6-4-12-14-16)7-8(1)15-5-3-11-13-15/h3-6,8-10H,1-2,7H2. The van der Waals surface area contributed by atoms with Gasteiger partial charge in [-0.3, -0.25) is 5.32 Å². The van der Waals surface area contributed by atoms with Gasteiger partial charge in [0.15, 0.2) is 0 Å². The van der Waals surface area contributed by atoms with Crippen molar-refractivity contribution in [3.63, 3.8) is 0 Å². The molecule has 2 unspecified atom stereocenters. The predicted octanol–water partition coefficient (Wildman–Crippen LogP) is -0.00710. The molecule has 84 valence electrons. The molecule has 0 aromatic carbocycles. The van der Waals surface area contributed by atoms with Crippen LogP contribution >= 0.6 is 0 Å². The highest BCUT2D eigenvalue weighted by Gasteiger charge is 2.24. The average Bonchev–Trinajstić information content (AvgIpc) is 3.03. The van der Waals surface area contributed by atoms with Gasteiger partial charge in [0.05, 0.1) is 18.4 Å². The Labute approximate surface area is 92.4 Å². The lowest BCUT2D eigenvalue weighted by Crippen LogP contribution is -2.36. The highest BCUT2D eigenvalue weighted by atomic mass is 15.5. The van der Waals surface area contributed by atoms with Gasteiger partial charge in [0.25, 0.3) is 0 Å². The largest absolute Gasteiger partial charge is 0.296 e. The third-order valence-electron chi connectivity index (χ3n) is 2.93. The number of nitrogens with zero attached hydrogens (tertiary/aromatic N) is 6. The fourth-order valence-corrected chi connectivity index (χ4v) is 2.11. The minimum Gasteiger partial charge on any atom is -0.296 e. The first kappa shape index (κ1) is 9.46. The molecule has 0 spiro atoms. The van der Waals surface area contributed by atoms with Crippen LogP contribution in [0.3, 0.4) is 0 Å². The summed E-state index contributed by atoms with van der Waals surface area (Å²) in [7, 11) is 0. The fourth-order valence-electron chi connectivity index (χ4n) is 2.11. The highest BCUT2D eigenvalue weighted by Crippen LogP contribution is 2.25. The average molecular weight is 219 g/mol. The lowest BCUT2D eigenvalue weighted by atomic mass is 10.0. The minimum atomic E-state index is 0.199. The molecule has 0 amide bonds. The van der Waals surface area contributed by atoms with Gasteiger partial charge in [-0.25, -0.2) is 9.36 Å². The van der Waals surface area contributed by atoms with E-state index in [1.54, 1.807) is 12.4 Å². The number of nitrogens with one attached hydrogen (secondary N) is 1. The molecular formula is C9H13N7. The smallest absolute Gasteiger partial charge is 0.105 e. The van der Waals surface area contributed by atoms with Gasteiger partial charge < -0.3 is 0 Å². The molecule has 2 atom stereocenters. The predicted molar refractivity (Wildman–Crippen MR) is 55.4 cm³/mol. The maximum atomic E-state index is 4.05. The Balaban J connectivity index is 1.75. The monoisotopic (exact) mass is 219 g/mol. The topological polar surface area (TPSA) is 73.5 Å². The van der Waals surface area contributed by atoms with Crippen molar-refractivity contribution in [1.82, 2.24) is 35.3 Å². The van der Waals surface area contributed by atoms with E-state index in [2.05, 4.69) is 25.9 Å². The van der Waals surface area contributed by atoms with E-state index in [1.165, 1.54) is 0 Å². The molecule has 1 fully saturated rings. The van der Waals surface area contributed by atoms with Crippen molar-refractivity contribution in [1.29, 1.82) is 0 Å². The van der Waals surface area contributed by atoms with Crippen molar-refractivity contribution in [2.75, 3.05) is 6.54 Å². The number of hydrogen-bond donors (Lipinski definition) is 1. The summed E-state index contributed by atoms with van der Waals surface area (Å²) in [6, 6.07) is 0.387. The molecule has 3 rings (SSSR count). The minimum absolute atomic E-state index is 0.199. The van der Waals surface area contributed by atoms with Gasteiger partial charge in [0.2, 0.25) is 0 Å². The molecule has 1 aliphatic rings. The third kappa shape index (κ3) is 1.69. The van der Waals surface area contributed by atoms with Crippen molar-refractivity contribution in [2.45, 2.75) is 25.0 Å². The molecule has 0 saturated carbocycles. The summed E-state index contributed by atoms with van der Waals surface area (Å²) < 4.78 is 3.77. The van der Waals surface area contributed by atoms with Crippen molar-refractivity contribution >= 4 is 0 Å². The quantitative estimate of drug-likeness (QED) is 0.769. The number of hydrogen-bond acceptors (Lipinski definition) is 5. The van der Waals surface area contributed by atoms with Crippen molar-refractivity contribution < 1.29 is 0 Å². The number of aromatic nitrogens is 6. The Morgan fingerprint density at radius 3 is 2.50 bits per heavy atom.